The van der Waals surface area contributed by atoms with E-state index in [1.165, 1.54) is 0 Å². The lowest BCUT2D eigenvalue weighted by Crippen LogP contribution is -3.40. The topological polar surface area (TPSA) is 0 Å². The molecule has 0 aromatic heterocycles. The van der Waals surface area contributed by atoms with Crippen LogP contribution in [0.4, 0.5) is 0 Å². The standard InChI is InChI=1S/C56H104/c1-33(2)41(17,18)49-50(42(19,20)34(3)4)53(45(25,26)37(9)10)51(49,43(21,22)35(5)6)55(47(29,30)39(13)14)52(49,44(23,24)36(7)8)54(50,46(27,28)38(11)12)56(53,55)48(31,32)40(15)16/h33-40H,1-32H3. The van der Waals surface area contributed by atoms with Gasteiger partial charge in [0, 0.05) is 0 Å². The van der Waals surface area contributed by atoms with Gasteiger partial charge in [-0.3, -0.25) is 0 Å². The summed E-state index contributed by atoms with van der Waals surface area (Å²) in [5.41, 5.74) is 1.65. The van der Waals surface area contributed by atoms with Gasteiger partial charge in [0.05, 0.1) is 0 Å². The van der Waals surface area contributed by atoms with Crippen molar-refractivity contribution in [1.82, 2.24) is 0 Å². The van der Waals surface area contributed by atoms with Gasteiger partial charge in [0.1, 0.15) is 0 Å². The van der Waals surface area contributed by atoms with E-state index in [1.54, 1.807) is 0 Å². The molecular weight excluding hydrogens is 673 g/mol. The molecule has 0 N–H and O–H groups in total. The summed E-state index contributed by atoms with van der Waals surface area (Å²) in [7, 11) is 0. The van der Waals surface area contributed by atoms with Crippen LogP contribution in [0.1, 0.15) is 222 Å². The maximum Gasteiger partial charge on any atom is -0.00231 e. The van der Waals surface area contributed by atoms with Gasteiger partial charge in [-0.25, -0.2) is 0 Å². The van der Waals surface area contributed by atoms with E-state index in [9.17, 15) is 0 Å². The first-order valence-electron chi connectivity index (χ1n) is 24.5. The van der Waals surface area contributed by atoms with E-state index >= 15 is 0 Å². The molecule has 0 aromatic carbocycles. The van der Waals surface area contributed by atoms with E-state index in [4.69, 9.17) is 0 Å². The molecule has 328 valence electrons. The summed E-state index contributed by atoms with van der Waals surface area (Å²) in [6.07, 6.45) is 0. The van der Waals surface area contributed by atoms with Crippen molar-refractivity contribution in [1.29, 1.82) is 0 Å². The normalized spacial score (nSPS) is 39.9. The largest absolute Gasteiger partial charge is 0.0622 e. The molecule has 6 fully saturated rings. The summed E-state index contributed by atoms with van der Waals surface area (Å²) in [4.78, 5) is 0. The first-order chi connectivity index (χ1) is 24.5. The molecule has 0 nitrogen and oxygen atoms in total. The van der Waals surface area contributed by atoms with Gasteiger partial charge in [0.2, 0.25) is 0 Å². The molecule has 6 aliphatic rings. The van der Waals surface area contributed by atoms with Crippen LogP contribution < -0.4 is 0 Å². The predicted octanol–water partition coefficient (Wildman–Crippen LogP) is 17.4. The van der Waals surface area contributed by atoms with Crippen molar-refractivity contribution in [2.24, 2.45) is 134 Å². The Bertz CT molecular complexity index is 1170. The third-order valence-electron chi connectivity index (χ3n) is 26.0. The summed E-state index contributed by atoms with van der Waals surface area (Å²) in [5, 5.41) is 0. The summed E-state index contributed by atoms with van der Waals surface area (Å²) >= 11 is 0. The average Bonchev–Trinajstić information content (AvgIpc) is 3.00. The quantitative estimate of drug-likeness (QED) is 0.146. The van der Waals surface area contributed by atoms with E-state index in [1.807, 2.05) is 0 Å². The molecule has 0 radical (unpaired) electrons. The molecule has 6 aliphatic carbocycles. The van der Waals surface area contributed by atoms with E-state index < -0.39 is 0 Å². The minimum Gasteiger partial charge on any atom is -0.0622 e. The molecule has 0 heteroatoms. The molecule has 0 amide bonds. The second-order valence-corrected chi connectivity index (χ2v) is 29.0. The Morgan fingerprint density at radius 1 is 0.161 bits per heavy atom. The Morgan fingerprint density at radius 2 is 0.214 bits per heavy atom. The summed E-state index contributed by atoms with van der Waals surface area (Å²) < 4.78 is 0. The van der Waals surface area contributed by atoms with Crippen LogP contribution in [0.3, 0.4) is 0 Å². The highest BCUT2D eigenvalue weighted by atomic mass is 15.4. The molecular formula is C56H104. The number of hydrogen-bond acceptors (Lipinski definition) is 0. The first kappa shape index (κ1) is 47.1. The van der Waals surface area contributed by atoms with Crippen molar-refractivity contribution in [2.45, 2.75) is 222 Å². The fraction of sp³-hybridized carbons (Fsp3) is 1.00. The Kier molecular flexibility index (Phi) is 9.36. The number of hydrogen-bond donors (Lipinski definition) is 0. The van der Waals surface area contributed by atoms with Gasteiger partial charge in [0.25, 0.3) is 0 Å². The van der Waals surface area contributed by atoms with Crippen LogP contribution >= 0.6 is 0 Å². The number of rotatable bonds is 16. The SMILES string of the molecule is CC(C)C(C)(C)C12C3(C(C)(C)C(C)C)C4(C(C)(C)C(C)C)C1(C(C)(C)C(C)C)C1(C(C)(C)C(C)C)C2(C(C)(C)C(C)C)C3(C(C)(C)C(C)C)C41C(C)(C)C(C)C. The van der Waals surface area contributed by atoms with E-state index in [0.29, 0.717) is 47.3 Å². The zero-order chi connectivity index (χ0) is 44.6. The van der Waals surface area contributed by atoms with E-state index in [0.717, 1.165) is 0 Å². The molecule has 0 heterocycles. The van der Waals surface area contributed by atoms with Gasteiger partial charge >= 0.3 is 0 Å². The minimum atomic E-state index is 0.0930. The van der Waals surface area contributed by atoms with Crippen molar-refractivity contribution >= 4 is 0 Å². The van der Waals surface area contributed by atoms with Crippen LogP contribution in [0, 0.1) is 134 Å². The molecule has 0 aliphatic heterocycles. The monoisotopic (exact) mass is 777 g/mol. The minimum absolute atomic E-state index is 0.0930. The van der Waals surface area contributed by atoms with Crippen LogP contribution in [-0.4, -0.2) is 0 Å². The van der Waals surface area contributed by atoms with Gasteiger partial charge in [-0.1, -0.05) is 222 Å². The smallest absolute Gasteiger partial charge is 0.00231 e. The average molecular weight is 777 g/mol. The molecule has 0 spiro atoms. The van der Waals surface area contributed by atoms with E-state index in [-0.39, 0.29) is 86.6 Å². The zero-order valence-corrected chi connectivity index (χ0v) is 44.6. The highest BCUT2D eigenvalue weighted by molar-refractivity contribution is 5.86. The summed E-state index contributed by atoms with van der Waals surface area (Å²) in [6.45, 7) is 88.6. The van der Waals surface area contributed by atoms with Gasteiger partial charge in [-0.05, 0) is 134 Å². The van der Waals surface area contributed by atoms with Crippen molar-refractivity contribution in [3.8, 4) is 0 Å². The Labute approximate surface area is 354 Å². The highest BCUT2D eigenvalue weighted by Gasteiger charge is 3.42. The zero-order valence-electron chi connectivity index (χ0n) is 44.6. The van der Waals surface area contributed by atoms with Gasteiger partial charge < -0.3 is 0 Å². The lowest BCUT2D eigenvalue weighted by Gasteiger charge is -3.41. The van der Waals surface area contributed by atoms with Crippen LogP contribution in [0.2, 0.25) is 0 Å². The molecule has 0 aromatic rings. The Hall–Kier alpha value is 0. The van der Waals surface area contributed by atoms with Crippen molar-refractivity contribution < 1.29 is 0 Å². The molecule has 0 atom stereocenters. The lowest BCUT2D eigenvalue weighted by molar-refractivity contribution is -0.969. The van der Waals surface area contributed by atoms with E-state index in [2.05, 4.69) is 222 Å². The maximum atomic E-state index is 2.87. The fourth-order valence-electron chi connectivity index (χ4n) is 21.4. The second kappa shape index (κ2) is 11.1. The predicted molar refractivity (Wildman–Crippen MR) is 248 cm³/mol. The van der Waals surface area contributed by atoms with Gasteiger partial charge in [0.15, 0.2) is 0 Å². The summed E-state index contributed by atoms with van der Waals surface area (Å²) in [6, 6.07) is 0. The molecule has 56 heavy (non-hydrogen) atoms. The Morgan fingerprint density at radius 3 is 0.250 bits per heavy atom. The lowest BCUT2D eigenvalue weighted by atomic mass is 8.61. The molecule has 6 rings (SSSR count). The van der Waals surface area contributed by atoms with Crippen molar-refractivity contribution in [2.75, 3.05) is 0 Å². The van der Waals surface area contributed by atoms with Gasteiger partial charge in [-0.15, -0.1) is 0 Å². The third-order valence-corrected chi connectivity index (χ3v) is 26.0. The van der Waals surface area contributed by atoms with Crippen LogP contribution in [0.5, 0.6) is 0 Å². The van der Waals surface area contributed by atoms with Crippen LogP contribution in [0.25, 0.3) is 0 Å². The fourth-order valence-corrected chi connectivity index (χ4v) is 21.4. The Balaban J connectivity index is 2.48. The highest BCUT2D eigenvalue weighted by Crippen LogP contribution is 3.43. The van der Waals surface area contributed by atoms with Crippen molar-refractivity contribution in [3.63, 3.8) is 0 Å². The molecule has 0 bridgehead atoms. The molecule has 0 saturated heterocycles. The molecule has 6 saturated carbocycles. The van der Waals surface area contributed by atoms with Crippen LogP contribution in [-0.2, 0) is 0 Å². The first-order valence-corrected chi connectivity index (χ1v) is 24.5. The van der Waals surface area contributed by atoms with Gasteiger partial charge in [-0.2, -0.15) is 0 Å². The second-order valence-electron chi connectivity index (χ2n) is 29.0. The molecule has 0 unspecified atom stereocenters. The third kappa shape index (κ3) is 2.92. The van der Waals surface area contributed by atoms with Crippen LogP contribution in [0.15, 0.2) is 0 Å². The maximum absolute atomic E-state index is 2.87. The summed E-state index contributed by atoms with van der Waals surface area (Å²) in [5.74, 6) is 4.43. The van der Waals surface area contributed by atoms with Crippen molar-refractivity contribution in [3.05, 3.63) is 0 Å².